The molecule has 0 amide bonds. The van der Waals surface area contributed by atoms with Crippen molar-refractivity contribution in [3.63, 3.8) is 0 Å². The van der Waals surface area contributed by atoms with E-state index in [0.717, 1.165) is 18.1 Å². The van der Waals surface area contributed by atoms with Gasteiger partial charge in [-0.1, -0.05) is 37.9 Å². The molecule has 2 heteroatoms. The maximum Gasteiger partial charge on any atom is 0.105 e. The van der Waals surface area contributed by atoms with Crippen LogP contribution >= 0.6 is 0 Å². The maximum atomic E-state index is 10.7. The Hall–Kier alpha value is 0.310. The second-order valence-electron chi connectivity index (χ2n) is 3.52. The monoisotopic (exact) mass is 176 g/mol. The minimum Gasteiger partial charge on any atom is -0.617 e. The van der Waals surface area contributed by atoms with Crippen LogP contribution in [0.2, 0.25) is 0 Å². The van der Waals surface area contributed by atoms with Crippen molar-refractivity contribution in [2.24, 2.45) is 5.92 Å². The lowest BCUT2D eigenvalue weighted by Crippen LogP contribution is -2.02. The van der Waals surface area contributed by atoms with E-state index >= 15 is 0 Å². The molecule has 0 aromatic carbocycles. The summed E-state index contributed by atoms with van der Waals surface area (Å²) in [4.78, 5) is 0. The molecule has 1 unspecified atom stereocenters. The first kappa shape index (κ1) is 11.3. The molecule has 0 aliphatic rings. The quantitative estimate of drug-likeness (QED) is 0.450. The molecule has 0 saturated carbocycles. The zero-order valence-corrected chi connectivity index (χ0v) is 8.75. The average molecular weight is 176 g/mol. The third-order valence-corrected chi connectivity index (χ3v) is 2.58. The van der Waals surface area contributed by atoms with E-state index in [0.29, 0.717) is 0 Å². The van der Waals surface area contributed by atoms with Gasteiger partial charge in [0, 0.05) is 0 Å². The fraction of sp³-hybridized carbons (Fsp3) is 1.00. The third-order valence-electron chi connectivity index (χ3n) is 1.71. The molecule has 0 aliphatic carbocycles. The van der Waals surface area contributed by atoms with Crippen LogP contribution < -0.4 is 0 Å². The van der Waals surface area contributed by atoms with Crippen molar-refractivity contribution >= 4 is 11.2 Å². The van der Waals surface area contributed by atoms with Gasteiger partial charge in [0.05, 0.1) is 6.26 Å². The molecule has 0 aliphatic heterocycles. The first-order valence-electron chi connectivity index (χ1n) is 4.43. The van der Waals surface area contributed by atoms with E-state index in [-0.39, 0.29) is 0 Å². The number of hydrogen-bond acceptors (Lipinski definition) is 1. The molecule has 0 rings (SSSR count). The summed E-state index contributed by atoms with van der Waals surface area (Å²) in [5.74, 6) is 1.71. The minimum atomic E-state index is -0.580. The molecule has 0 bridgehead atoms. The van der Waals surface area contributed by atoms with Gasteiger partial charge in [-0.05, 0) is 18.8 Å². The summed E-state index contributed by atoms with van der Waals surface area (Å²) >= 11 is -0.580. The first-order chi connectivity index (χ1) is 5.13. The Balaban J connectivity index is 2.91. The fourth-order valence-corrected chi connectivity index (χ4v) is 1.65. The van der Waals surface area contributed by atoms with Gasteiger partial charge < -0.3 is 4.55 Å². The predicted octanol–water partition coefficient (Wildman–Crippen LogP) is 2.58. The highest BCUT2D eigenvalue weighted by Gasteiger charge is 1.97. The van der Waals surface area contributed by atoms with Gasteiger partial charge in [0.2, 0.25) is 0 Å². The van der Waals surface area contributed by atoms with Gasteiger partial charge in [-0.2, -0.15) is 0 Å². The van der Waals surface area contributed by atoms with Crippen LogP contribution in [0.15, 0.2) is 0 Å². The van der Waals surface area contributed by atoms with Crippen LogP contribution in [0.25, 0.3) is 0 Å². The molecule has 0 heterocycles. The van der Waals surface area contributed by atoms with Gasteiger partial charge in [0.15, 0.2) is 0 Å². The summed E-state index contributed by atoms with van der Waals surface area (Å²) < 4.78 is 10.7. The number of unbranched alkanes of at least 4 members (excludes halogenated alkanes) is 2. The fourth-order valence-electron chi connectivity index (χ4n) is 1.03. The Labute approximate surface area is 73.8 Å². The standard InChI is InChI=1S/C9H20OS/c1-9(2)7-5-4-6-8-11(3)10/h9H,4-8H2,1-3H3. The van der Waals surface area contributed by atoms with Crippen LogP contribution in [-0.4, -0.2) is 16.6 Å². The molecular formula is C9H20OS. The summed E-state index contributed by atoms with van der Waals surface area (Å²) in [5, 5.41) is 0. The summed E-state index contributed by atoms with van der Waals surface area (Å²) in [5.41, 5.74) is 0. The summed E-state index contributed by atoms with van der Waals surface area (Å²) in [6.07, 6.45) is 6.78. The van der Waals surface area contributed by atoms with E-state index in [2.05, 4.69) is 13.8 Å². The molecule has 0 radical (unpaired) electrons. The van der Waals surface area contributed by atoms with E-state index in [1.165, 1.54) is 19.3 Å². The first-order valence-corrected chi connectivity index (χ1v) is 6.15. The van der Waals surface area contributed by atoms with E-state index in [1.54, 1.807) is 6.26 Å². The van der Waals surface area contributed by atoms with E-state index in [9.17, 15) is 4.55 Å². The summed E-state index contributed by atoms with van der Waals surface area (Å²) in [6.45, 7) is 4.50. The Bertz CT molecular complexity index is 71.6. The summed E-state index contributed by atoms with van der Waals surface area (Å²) in [7, 11) is 0. The molecule has 0 fully saturated rings. The highest BCUT2D eigenvalue weighted by Crippen LogP contribution is 2.08. The molecule has 68 valence electrons. The van der Waals surface area contributed by atoms with Gasteiger partial charge >= 0.3 is 0 Å². The van der Waals surface area contributed by atoms with Gasteiger partial charge in [-0.3, -0.25) is 0 Å². The van der Waals surface area contributed by atoms with E-state index in [1.807, 2.05) is 0 Å². The average Bonchev–Trinajstić information content (AvgIpc) is 1.85. The maximum absolute atomic E-state index is 10.7. The Morgan fingerprint density at radius 2 is 1.82 bits per heavy atom. The molecule has 0 spiro atoms. The molecule has 1 atom stereocenters. The van der Waals surface area contributed by atoms with Gasteiger partial charge in [-0.25, -0.2) is 0 Å². The van der Waals surface area contributed by atoms with Crippen LogP contribution in [0.4, 0.5) is 0 Å². The van der Waals surface area contributed by atoms with Crippen molar-refractivity contribution in [2.45, 2.75) is 39.5 Å². The molecule has 1 nitrogen and oxygen atoms in total. The molecule has 0 N–H and O–H groups in total. The lowest BCUT2D eigenvalue weighted by Gasteiger charge is -2.05. The second-order valence-corrected chi connectivity index (χ2v) is 5.08. The predicted molar refractivity (Wildman–Crippen MR) is 52.2 cm³/mol. The number of rotatable bonds is 6. The molecule has 0 aromatic heterocycles. The van der Waals surface area contributed by atoms with Crippen LogP contribution in [0.5, 0.6) is 0 Å². The second kappa shape index (κ2) is 6.99. The van der Waals surface area contributed by atoms with Crippen LogP contribution in [-0.2, 0) is 11.2 Å². The van der Waals surface area contributed by atoms with Crippen molar-refractivity contribution in [2.75, 3.05) is 12.0 Å². The van der Waals surface area contributed by atoms with Crippen LogP contribution in [0, 0.1) is 5.92 Å². The molecule has 11 heavy (non-hydrogen) atoms. The topological polar surface area (TPSA) is 23.1 Å². The number of hydrogen-bond donors (Lipinski definition) is 0. The van der Waals surface area contributed by atoms with Gasteiger partial charge in [-0.15, -0.1) is 0 Å². The van der Waals surface area contributed by atoms with Crippen molar-refractivity contribution in [1.29, 1.82) is 0 Å². The molecular weight excluding hydrogens is 156 g/mol. The Morgan fingerprint density at radius 1 is 1.18 bits per heavy atom. The largest absolute Gasteiger partial charge is 0.617 e. The SMILES string of the molecule is CC(C)CCCCC[S+](C)[O-]. The van der Waals surface area contributed by atoms with Crippen molar-refractivity contribution in [3.8, 4) is 0 Å². The van der Waals surface area contributed by atoms with Crippen LogP contribution in [0.3, 0.4) is 0 Å². The van der Waals surface area contributed by atoms with E-state index < -0.39 is 11.2 Å². The summed E-state index contributed by atoms with van der Waals surface area (Å²) in [6, 6.07) is 0. The lowest BCUT2D eigenvalue weighted by molar-refractivity contribution is 0.532. The highest BCUT2D eigenvalue weighted by molar-refractivity contribution is 7.90. The highest BCUT2D eigenvalue weighted by atomic mass is 32.2. The Kier molecular flexibility index (Phi) is 7.18. The lowest BCUT2D eigenvalue weighted by atomic mass is 10.1. The Morgan fingerprint density at radius 3 is 2.27 bits per heavy atom. The van der Waals surface area contributed by atoms with Gasteiger partial charge in [0.1, 0.15) is 5.75 Å². The van der Waals surface area contributed by atoms with Crippen molar-refractivity contribution < 1.29 is 4.55 Å². The zero-order valence-electron chi connectivity index (χ0n) is 7.93. The van der Waals surface area contributed by atoms with Crippen LogP contribution in [0.1, 0.15) is 39.5 Å². The zero-order chi connectivity index (χ0) is 8.69. The third kappa shape index (κ3) is 10.3. The minimum absolute atomic E-state index is 0.580. The van der Waals surface area contributed by atoms with Gasteiger partial charge in [0.25, 0.3) is 0 Å². The van der Waals surface area contributed by atoms with Crippen molar-refractivity contribution in [1.82, 2.24) is 0 Å². The smallest absolute Gasteiger partial charge is 0.105 e. The van der Waals surface area contributed by atoms with Crippen molar-refractivity contribution in [3.05, 3.63) is 0 Å². The normalized spacial score (nSPS) is 13.9. The molecule has 0 aromatic rings. The van der Waals surface area contributed by atoms with E-state index in [4.69, 9.17) is 0 Å². The molecule has 0 saturated heterocycles.